The van der Waals surface area contributed by atoms with Crippen LogP contribution in [0.5, 0.6) is 0 Å². The predicted molar refractivity (Wildman–Crippen MR) is 85.6 cm³/mol. The van der Waals surface area contributed by atoms with Crippen LogP contribution < -0.4 is 10.2 Å². The summed E-state index contributed by atoms with van der Waals surface area (Å²) in [6.45, 7) is 3.34. The van der Waals surface area contributed by atoms with Gasteiger partial charge in [0.1, 0.15) is 21.5 Å². The van der Waals surface area contributed by atoms with E-state index in [1.54, 1.807) is 0 Å². The highest BCUT2D eigenvalue weighted by atomic mass is 32.2. The van der Waals surface area contributed by atoms with Gasteiger partial charge in [-0.1, -0.05) is 18.7 Å². The molecule has 0 aliphatic rings. The molecule has 6 nitrogen and oxygen atoms in total. The van der Waals surface area contributed by atoms with Gasteiger partial charge in [0, 0.05) is 32.5 Å². The number of sulfone groups is 1. The van der Waals surface area contributed by atoms with Gasteiger partial charge in [0.15, 0.2) is 5.16 Å². The van der Waals surface area contributed by atoms with Gasteiger partial charge in [-0.15, -0.1) is 0 Å². The van der Waals surface area contributed by atoms with Crippen molar-refractivity contribution in [2.75, 3.05) is 48.6 Å². The molecule has 8 heteroatoms. The Morgan fingerprint density at radius 3 is 2.65 bits per heavy atom. The summed E-state index contributed by atoms with van der Waals surface area (Å²) in [5.74, 6) is 1.61. The second kappa shape index (κ2) is 7.68. The lowest BCUT2D eigenvalue weighted by atomic mass is 10.4. The molecule has 0 aliphatic heterocycles. The van der Waals surface area contributed by atoms with E-state index in [1.165, 1.54) is 18.0 Å². The molecular formula is C12H22N4O2S2. The first-order valence-electron chi connectivity index (χ1n) is 6.41. The first kappa shape index (κ1) is 17.0. The number of anilines is 2. The molecule has 1 rings (SSSR count). The van der Waals surface area contributed by atoms with E-state index in [2.05, 4.69) is 22.2 Å². The molecule has 0 bridgehead atoms. The summed E-state index contributed by atoms with van der Waals surface area (Å²) in [5, 5.41) is 3.90. The Kier molecular flexibility index (Phi) is 6.54. The Hall–Kier alpha value is -1.02. The van der Waals surface area contributed by atoms with Crippen LogP contribution in [0.4, 0.5) is 11.6 Å². The molecular weight excluding hydrogens is 296 g/mol. The molecule has 114 valence electrons. The van der Waals surface area contributed by atoms with Crippen molar-refractivity contribution in [3.8, 4) is 0 Å². The van der Waals surface area contributed by atoms with Gasteiger partial charge in [0.25, 0.3) is 0 Å². The molecule has 0 saturated heterocycles. The fourth-order valence-corrected chi connectivity index (χ4v) is 2.44. The number of thioether (sulfide) groups is 1. The average molecular weight is 318 g/mol. The maximum absolute atomic E-state index is 11.2. The van der Waals surface area contributed by atoms with Crippen LogP contribution in [0.25, 0.3) is 0 Å². The SMILES string of the molecule is CCCNc1cc(N(C)CCS(C)(=O)=O)nc(SC)n1. The minimum atomic E-state index is -2.97. The summed E-state index contributed by atoms with van der Waals surface area (Å²) in [7, 11) is -1.14. The monoisotopic (exact) mass is 318 g/mol. The van der Waals surface area contributed by atoms with Gasteiger partial charge in [-0.3, -0.25) is 0 Å². The maximum atomic E-state index is 11.2. The molecule has 1 aromatic heterocycles. The minimum Gasteiger partial charge on any atom is -0.370 e. The molecule has 0 aromatic carbocycles. The van der Waals surface area contributed by atoms with Crippen LogP contribution in [0, 0.1) is 0 Å². The first-order valence-corrected chi connectivity index (χ1v) is 9.70. The number of hydrogen-bond donors (Lipinski definition) is 1. The zero-order chi connectivity index (χ0) is 15.2. The molecule has 0 unspecified atom stereocenters. The van der Waals surface area contributed by atoms with E-state index in [0.717, 1.165) is 24.6 Å². The van der Waals surface area contributed by atoms with Crippen molar-refractivity contribution >= 4 is 33.2 Å². The molecule has 0 saturated carbocycles. The summed E-state index contributed by atoms with van der Waals surface area (Å²) in [6, 6.07) is 1.84. The van der Waals surface area contributed by atoms with Gasteiger partial charge in [-0.05, 0) is 12.7 Å². The van der Waals surface area contributed by atoms with Crippen LogP contribution in [0.3, 0.4) is 0 Å². The molecule has 0 spiro atoms. The first-order chi connectivity index (χ1) is 9.35. The quantitative estimate of drug-likeness (QED) is 0.575. The highest BCUT2D eigenvalue weighted by molar-refractivity contribution is 7.98. The van der Waals surface area contributed by atoms with Gasteiger partial charge in [-0.25, -0.2) is 18.4 Å². The molecule has 0 radical (unpaired) electrons. The van der Waals surface area contributed by atoms with Crippen LogP contribution in [0.2, 0.25) is 0 Å². The van der Waals surface area contributed by atoms with E-state index in [9.17, 15) is 8.42 Å². The van der Waals surface area contributed by atoms with Crippen LogP contribution in [-0.2, 0) is 9.84 Å². The van der Waals surface area contributed by atoms with E-state index in [0.29, 0.717) is 11.7 Å². The van der Waals surface area contributed by atoms with Gasteiger partial charge in [-0.2, -0.15) is 0 Å². The van der Waals surface area contributed by atoms with Crippen LogP contribution >= 0.6 is 11.8 Å². The second-order valence-electron chi connectivity index (χ2n) is 4.58. The zero-order valence-corrected chi connectivity index (χ0v) is 14.0. The van der Waals surface area contributed by atoms with E-state index < -0.39 is 9.84 Å². The largest absolute Gasteiger partial charge is 0.370 e. The van der Waals surface area contributed by atoms with Gasteiger partial charge in [0.2, 0.25) is 0 Å². The number of rotatable bonds is 8. The van der Waals surface area contributed by atoms with E-state index in [1.807, 2.05) is 24.3 Å². The van der Waals surface area contributed by atoms with Crippen molar-refractivity contribution in [3.63, 3.8) is 0 Å². The van der Waals surface area contributed by atoms with Crippen molar-refractivity contribution < 1.29 is 8.42 Å². The minimum absolute atomic E-state index is 0.111. The third-order valence-electron chi connectivity index (χ3n) is 2.62. The summed E-state index contributed by atoms with van der Waals surface area (Å²) in [6.07, 6.45) is 4.17. The lowest BCUT2D eigenvalue weighted by Crippen LogP contribution is -2.26. The third kappa shape index (κ3) is 5.96. The van der Waals surface area contributed by atoms with Crippen molar-refractivity contribution in [2.45, 2.75) is 18.5 Å². The molecule has 1 heterocycles. The van der Waals surface area contributed by atoms with Gasteiger partial charge >= 0.3 is 0 Å². The number of nitrogens with zero attached hydrogens (tertiary/aromatic N) is 3. The molecule has 0 atom stereocenters. The lowest BCUT2D eigenvalue weighted by Gasteiger charge is -2.19. The molecule has 1 aromatic rings. The highest BCUT2D eigenvalue weighted by Gasteiger charge is 2.10. The summed E-state index contributed by atoms with van der Waals surface area (Å²) >= 11 is 1.46. The maximum Gasteiger partial charge on any atom is 0.191 e. The number of aromatic nitrogens is 2. The normalized spacial score (nSPS) is 11.4. The molecule has 0 fully saturated rings. The molecule has 1 N–H and O–H groups in total. The smallest absolute Gasteiger partial charge is 0.191 e. The second-order valence-corrected chi connectivity index (χ2v) is 7.61. The number of hydrogen-bond acceptors (Lipinski definition) is 7. The van der Waals surface area contributed by atoms with Gasteiger partial charge < -0.3 is 10.2 Å². The number of nitrogens with one attached hydrogen (secondary N) is 1. The zero-order valence-electron chi connectivity index (χ0n) is 12.4. The molecule has 0 aliphatic carbocycles. The van der Waals surface area contributed by atoms with Gasteiger partial charge in [0.05, 0.1) is 5.75 Å². The standard InChI is InChI=1S/C12H22N4O2S2/c1-5-6-13-10-9-11(15-12(14-10)19-3)16(2)7-8-20(4,17)18/h9H,5-8H2,1-4H3,(H,13,14,15). The van der Waals surface area contributed by atoms with Crippen molar-refractivity contribution in [1.82, 2.24) is 9.97 Å². The summed E-state index contributed by atoms with van der Waals surface area (Å²) < 4.78 is 22.4. The fraction of sp³-hybridized carbons (Fsp3) is 0.667. The topological polar surface area (TPSA) is 75.2 Å². The molecule has 20 heavy (non-hydrogen) atoms. The average Bonchev–Trinajstić information content (AvgIpc) is 2.41. The van der Waals surface area contributed by atoms with Crippen LogP contribution in [0.1, 0.15) is 13.3 Å². The predicted octanol–water partition coefficient (Wildman–Crippen LogP) is 1.50. The highest BCUT2D eigenvalue weighted by Crippen LogP contribution is 2.19. The Labute approximate surface area is 125 Å². The van der Waals surface area contributed by atoms with E-state index in [4.69, 9.17) is 0 Å². The Balaban J connectivity index is 2.86. The van der Waals surface area contributed by atoms with E-state index in [-0.39, 0.29) is 5.75 Å². The van der Waals surface area contributed by atoms with Crippen molar-refractivity contribution in [2.24, 2.45) is 0 Å². The van der Waals surface area contributed by atoms with Crippen molar-refractivity contribution in [1.29, 1.82) is 0 Å². The summed E-state index contributed by atoms with van der Waals surface area (Å²) in [5.41, 5.74) is 0. The fourth-order valence-electron chi connectivity index (χ4n) is 1.46. The summed E-state index contributed by atoms with van der Waals surface area (Å²) in [4.78, 5) is 10.6. The van der Waals surface area contributed by atoms with Crippen molar-refractivity contribution in [3.05, 3.63) is 6.07 Å². The van der Waals surface area contributed by atoms with Crippen LogP contribution in [-0.4, -0.2) is 56.8 Å². The lowest BCUT2D eigenvalue weighted by molar-refractivity contribution is 0.601. The third-order valence-corrected chi connectivity index (χ3v) is 4.09. The van der Waals surface area contributed by atoms with Crippen LogP contribution in [0.15, 0.2) is 11.2 Å². The Morgan fingerprint density at radius 2 is 2.10 bits per heavy atom. The van der Waals surface area contributed by atoms with E-state index >= 15 is 0 Å². The Bertz CT molecular complexity index is 534. The molecule has 0 amide bonds. The Morgan fingerprint density at radius 1 is 1.40 bits per heavy atom.